The largest absolute Gasteiger partial charge is 0.444 e. The molecule has 1 aromatic heterocycles. The molecule has 0 spiro atoms. The molecule has 5 heteroatoms. The molecule has 0 aliphatic heterocycles. The maximum atomic E-state index is 13.0. The van der Waals surface area contributed by atoms with Gasteiger partial charge in [0.15, 0.2) is 12.2 Å². The number of halogens is 2. The first kappa shape index (κ1) is 13.6. The van der Waals surface area contributed by atoms with Crippen LogP contribution in [0.15, 0.2) is 59.5 Å². The Hall–Kier alpha value is -2.33. The zero-order valence-electron chi connectivity index (χ0n) is 11.0. The lowest BCUT2D eigenvalue weighted by atomic mass is 10.1. The zero-order chi connectivity index (χ0) is 14.7. The SMILES string of the molecule is Fc1ccc(CNc2cccc(-c3cnco3)c2)c(Cl)c1. The van der Waals surface area contributed by atoms with E-state index in [9.17, 15) is 4.39 Å². The molecule has 3 aromatic rings. The Morgan fingerprint density at radius 1 is 1.19 bits per heavy atom. The molecule has 1 heterocycles. The molecule has 0 amide bonds. The van der Waals surface area contributed by atoms with Gasteiger partial charge < -0.3 is 9.73 Å². The molecule has 0 bridgehead atoms. The van der Waals surface area contributed by atoms with Crippen LogP contribution < -0.4 is 5.32 Å². The van der Waals surface area contributed by atoms with Crippen LogP contribution in [0.3, 0.4) is 0 Å². The van der Waals surface area contributed by atoms with Gasteiger partial charge in [-0.1, -0.05) is 29.8 Å². The maximum absolute atomic E-state index is 13.0. The van der Waals surface area contributed by atoms with Crippen molar-refractivity contribution in [2.75, 3.05) is 5.32 Å². The summed E-state index contributed by atoms with van der Waals surface area (Å²) in [5.74, 6) is 0.370. The molecule has 0 saturated carbocycles. The molecular formula is C16H12ClFN2O. The highest BCUT2D eigenvalue weighted by Gasteiger charge is 2.04. The highest BCUT2D eigenvalue weighted by atomic mass is 35.5. The average Bonchev–Trinajstić information content (AvgIpc) is 3.01. The molecule has 106 valence electrons. The Bertz CT molecular complexity index is 744. The van der Waals surface area contributed by atoms with E-state index in [2.05, 4.69) is 10.3 Å². The van der Waals surface area contributed by atoms with Crippen LogP contribution in [0, 0.1) is 5.82 Å². The average molecular weight is 303 g/mol. The fraction of sp³-hybridized carbons (Fsp3) is 0.0625. The van der Waals surface area contributed by atoms with E-state index in [-0.39, 0.29) is 5.82 Å². The molecule has 0 atom stereocenters. The van der Waals surface area contributed by atoms with Crippen molar-refractivity contribution < 1.29 is 8.81 Å². The summed E-state index contributed by atoms with van der Waals surface area (Å²) in [7, 11) is 0. The Kier molecular flexibility index (Phi) is 3.88. The Balaban J connectivity index is 1.75. The summed E-state index contributed by atoms with van der Waals surface area (Å²) in [6.45, 7) is 0.513. The minimum Gasteiger partial charge on any atom is -0.444 e. The van der Waals surface area contributed by atoms with Gasteiger partial charge in [0.25, 0.3) is 0 Å². The maximum Gasteiger partial charge on any atom is 0.181 e. The third kappa shape index (κ3) is 3.23. The van der Waals surface area contributed by atoms with Crippen molar-refractivity contribution in [1.29, 1.82) is 0 Å². The highest BCUT2D eigenvalue weighted by molar-refractivity contribution is 6.31. The minimum atomic E-state index is -0.337. The first-order valence-electron chi connectivity index (χ1n) is 6.39. The van der Waals surface area contributed by atoms with E-state index >= 15 is 0 Å². The van der Waals surface area contributed by atoms with Crippen LogP contribution >= 0.6 is 11.6 Å². The van der Waals surface area contributed by atoms with Crippen molar-refractivity contribution in [3.05, 3.63) is 71.5 Å². The highest BCUT2D eigenvalue weighted by Crippen LogP contribution is 2.23. The fourth-order valence-corrected chi connectivity index (χ4v) is 2.24. The second-order valence-electron chi connectivity index (χ2n) is 4.54. The van der Waals surface area contributed by atoms with Gasteiger partial charge in [0.2, 0.25) is 0 Å². The van der Waals surface area contributed by atoms with Crippen molar-refractivity contribution in [3.8, 4) is 11.3 Å². The van der Waals surface area contributed by atoms with Crippen LogP contribution in [0.5, 0.6) is 0 Å². The lowest BCUT2D eigenvalue weighted by Gasteiger charge is -2.09. The van der Waals surface area contributed by atoms with Crippen molar-refractivity contribution >= 4 is 17.3 Å². The molecule has 3 rings (SSSR count). The molecule has 0 aliphatic carbocycles. The van der Waals surface area contributed by atoms with E-state index in [1.807, 2.05) is 24.3 Å². The number of nitrogens with one attached hydrogen (secondary N) is 1. The van der Waals surface area contributed by atoms with Crippen molar-refractivity contribution in [1.82, 2.24) is 4.98 Å². The number of nitrogens with zero attached hydrogens (tertiary/aromatic N) is 1. The van der Waals surface area contributed by atoms with Gasteiger partial charge in [0, 0.05) is 22.8 Å². The lowest BCUT2D eigenvalue weighted by Crippen LogP contribution is -2.00. The molecule has 3 nitrogen and oxygen atoms in total. The van der Waals surface area contributed by atoms with E-state index < -0.39 is 0 Å². The number of benzene rings is 2. The van der Waals surface area contributed by atoms with Gasteiger partial charge in [-0.25, -0.2) is 9.37 Å². The van der Waals surface area contributed by atoms with Gasteiger partial charge in [-0.05, 0) is 29.8 Å². The molecule has 2 aromatic carbocycles. The predicted molar refractivity (Wildman–Crippen MR) is 80.7 cm³/mol. The van der Waals surface area contributed by atoms with Crippen molar-refractivity contribution in [2.45, 2.75) is 6.54 Å². The summed E-state index contributed by atoms with van der Waals surface area (Å²) < 4.78 is 18.3. The molecule has 0 radical (unpaired) electrons. The Morgan fingerprint density at radius 3 is 2.86 bits per heavy atom. The van der Waals surface area contributed by atoms with Gasteiger partial charge in [0.05, 0.1) is 6.20 Å². The third-order valence-electron chi connectivity index (χ3n) is 3.08. The van der Waals surface area contributed by atoms with Gasteiger partial charge in [-0.3, -0.25) is 0 Å². The molecular weight excluding hydrogens is 291 g/mol. The number of oxazole rings is 1. The summed E-state index contributed by atoms with van der Waals surface area (Å²) in [5, 5.41) is 3.67. The van der Waals surface area contributed by atoms with Crippen LogP contribution in [0.2, 0.25) is 5.02 Å². The third-order valence-corrected chi connectivity index (χ3v) is 3.43. The van der Waals surface area contributed by atoms with Gasteiger partial charge in [0.1, 0.15) is 5.82 Å². The second-order valence-corrected chi connectivity index (χ2v) is 4.94. The number of hydrogen-bond acceptors (Lipinski definition) is 3. The molecule has 0 aliphatic rings. The van der Waals surface area contributed by atoms with E-state index in [0.717, 1.165) is 16.8 Å². The summed E-state index contributed by atoms with van der Waals surface area (Å²) in [6.07, 6.45) is 3.06. The quantitative estimate of drug-likeness (QED) is 0.756. The van der Waals surface area contributed by atoms with Gasteiger partial charge >= 0.3 is 0 Å². The second kappa shape index (κ2) is 5.97. The number of hydrogen-bond donors (Lipinski definition) is 1. The van der Waals surface area contributed by atoms with Crippen molar-refractivity contribution in [3.63, 3.8) is 0 Å². The lowest BCUT2D eigenvalue weighted by molar-refractivity contribution is 0.572. The summed E-state index contributed by atoms with van der Waals surface area (Å²) in [4.78, 5) is 3.90. The molecule has 0 fully saturated rings. The molecule has 21 heavy (non-hydrogen) atoms. The minimum absolute atomic E-state index is 0.337. The van der Waals surface area contributed by atoms with E-state index in [0.29, 0.717) is 17.3 Å². The van der Waals surface area contributed by atoms with Crippen molar-refractivity contribution in [2.24, 2.45) is 0 Å². The summed E-state index contributed by atoms with van der Waals surface area (Å²) in [5.41, 5.74) is 2.69. The topological polar surface area (TPSA) is 38.1 Å². The monoisotopic (exact) mass is 302 g/mol. The van der Waals surface area contributed by atoms with Crippen LogP contribution in [-0.2, 0) is 6.54 Å². The number of rotatable bonds is 4. The van der Waals surface area contributed by atoms with E-state index in [4.69, 9.17) is 16.0 Å². The van der Waals surface area contributed by atoms with Crippen LogP contribution in [0.4, 0.5) is 10.1 Å². The Morgan fingerprint density at radius 2 is 2.10 bits per heavy atom. The Labute approximate surface area is 126 Å². The zero-order valence-corrected chi connectivity index (χ0v) is 11.8. The van der Waals surface area contributed by atoms with E-state index in [1.165, 1.54) is 18.5 Å². The van der Waals surface area contributed by atoms with Gasteiger partial charge in [-0.2, -0.15) is 0 Å². The standard InChI is InChI=1S/C16H12ClFN2O/c17-15-7-13(18)5-4-12(15)8-20-14-3-1-2-11(6-14)16-9-19-10-21-16/h1-7,9-10,20H,8H2. The summed E-state index contributed by atoms with van der Waals surface area (Å²) in [6, 6.07) is 12.1. The number of anilines is 1. The number of aromatic nitrogens is 1. The first-order chi connectivity index (χ1) is 10.2. The fourth-order valence-electron chi connectivity index (χ4n) is 2.00. The van der Waals surface area contributed by atoms with Gasteiger partial charge in [-0.15, -0.1) is 0 Å². The molecule has 0 saturated heterocycles. The predicted octanol–water partition coefficient (Wildman–Crippen LogP) is 4.75. The van der Waals surface area contributed by atoms with E-state index in [1.54, 1.807) is 12.3 Å². The van der Waals surface area contributed by atoms with Crippen LogP contribution in [0.25, 0.3) is 11.3 Å². The first-order valence-corrected chi connectivity index (χ1v) is 6.77. The molecule has 1 N–H and O–H groups in total. The molecule has 0 unspecified atom stereocenters. The summed E-state index contributed by atoms with van der Waals surface area (Å²) >= 11 is 6.00. The van der Waals surface area contributed by atoms with Crippen LogP contribution in [0.1, 0.15) is 5.56 Å². The van der Waals surface area contributed by atoms with Crippen LogP contribution in [-0.4, -0.2) is 4.98 Å². The smallest absolute Gasteiger partial charge is 0.181 e. The normalized spacial score (nSPS) is 10.6.